The number of hydrogen-bond acceptors (Lipinski definition) is 3. The number of fused-ring (bicyclic) bond motifs is 9. The van der Waals surface area contributed by atoms with Crippen molar-refractivity contribution in [3.8, 4) is 56.0 Å². The molecule has 13 rings (SSSR count). The van der Waals surface area contributed by atoms with E-state index in [1.165, 1.54) is 33.5 Å². The molecule has 0 bridgehead atoms. The van der Waals surface area contributed by atoms with Gasteiger partial charge in [-0.05, 0) is 129 Å². The van der Waals surface area contributed by atoms with Crippen LogP contribution in [0.1, 0.15) is 11.1 Å². The Morgan fingerprint density at radius 1 is 0.349 bits per heavy atom. The molecule has 5 aromatic heterocycles. The van der Waals surface area contributed by atoms with Crippen molar-refractivity contribution in [3.05, 3.63) is 236 Å². The maximum absolute atomic E-state index is 5.03. The molecule has 5 heterocycles. The van der Waals surface area contributed by atoms with Gasteiger partial charge in [0.2, 0.25) is 0 Å². The summed E-state index contributed by atoms with van der Waals surface area (Å²) in [6, 6.07) is 73.0. The van der Waals surface area contributed by atoms with Crippen molar-refractivity contribution >= 4 is 43.9 Å². The Hall–Kier alpha value is -8.41. The molecule has 1 aliphatic carbocycles. The maximum Gasteiger partial charge on any atom is 0.0963 e. The molecule has 12 aromatic rings. The van der Waals surface area contributed by atoms with Crippen LogP contribution in [-0.2, 0) is 6.42 Å². The fourth-order valence-corrected chi connectivity index (χ4v) is 9.57. The summed E-state index contributed by atoms with van der Waals surface area (Å²) in [7, 11) is 0. The molecule has 0 aliphatic heterocycles. The Kier molecular flexibility index (Phi) is 8.82. The summed E-state index contributed by atoms with van der Waals surface area (Å²) >= 11 is 0. The minimum Gasteiger partial charge on any atom is -0.308 e. The average Bonchev–Trinajstić information content (AvgIpc) is 4.02. The molecule has 63 heavy (non-hydrogen) atoms. The quantitative estimate of drug-likeness (QED) is 0.174. The van der Waals surface area contributed by atoms with Crippen molar-refractivity contribution in [2.75, 3.05) is 0 Å². The van der Waals surface area contributed by atoms with E-state index in [0.29, 0.717) is 0 Å². The van der Waals surface area contributed by atoms with Crippen LogP contribution >= 0.6 is 0 Å². The Balaban J connectivity index is 0.000000651. The molecule has 0 spiro atoms. The minimum atomic E-state index is 0.867. The number of hydrogen-bond donors (Lipinski definition) is 0. The van der Waals surface area contributed by atoms with E-state index in [1.807, 2.05) is 73.2 Å². The second-order valence-corrected chi connectivity index (χ2v) is 16.0. The molecular weight excluding hydrogens is 767 g/mol. The molecule has 0 saturated carbocycles. The lowest BCUT2D eigenvalue weighted by atomic mass is 9.95. The summed E-state index contributed by atoms with van der Waals surface area (Å²) in [6.07, 6.45) is 6.53. The zero-order valence-electron chi connectivity index (χ0n) is 34.3. The molecule has 5 heteroatoms. The normalized spacial score (nSPS) is 11.7. The van der Waals surface area contributed by atoms with Crippen LogP contribution < -0.4 is 0 Å². The van der Waals surface area contributed by atoms with E-state index < -0.39 is 0 Å². The van der Waals surface area contributed by atoms with Crippen LogP contribution in [-0.4, -0.2) is 24.1 Å². The zero-order chi connectivity index (χ0) is 41.7. The lowest BCUT2D eigenvalue weighted by molar-refractivity contribution is 1.12. The van der Waals surface area contributed by atoms with Gasteiger partial charge in [0.15, 0.2) is 0 Å². The summed E-state index contributed by atoms with van der Waals surface area (Å²) in [5, 5.41) is 2.25. The zero-order valence-corrected chi connectivity index (χ0v) is 34.3. The molecular formula is C58H39N5. The van der Waals surface area contributed by atoms with Gasteiger partial charge in [0, 0.05) is 47.0 Å². The summed E-state index contributed by atoms with van der Waals surface area (Å²) in [6.45, 7) is 0. The van der Waals surface area contributed by atoms with E-state index >= 15 is 0 Å². The van der Waals surface area contributed by atoms with E-state index in [4.69, 9.17) is 15.0 Å². The lowest BCUT2D eigenvalue weighted by Gasteiger charge is -2.17. The number of rotatable bonds is 5. The second kappa shape index (κ2) is 15.2. The highest BCUT2D eigenvalue weighted by molar-refractivity contribution is 6.10. The molecule has 0 fully saturated rings. The van der Waals surface area contributed by atoms with Gasteiger partial charge in [-0.15, -0.1) is 0 Å². The van der Waals surface area contributed by atoms with Crippen molar-refractivity contribution < 1.29 is 0 Å². The van der Waals surface area contributed by atoms with Crippen LogP contribution in [0.3, 0.4) is 0 Å². The first-order valence-corrected chi connectivity index (χ1v) is 21.4. The summed E-state index contributed by atoms with van der Waals surface area (Å²) < 4.78 is 4.77. The minimum absolute atomic E-state index is 0.867. The fraction of sp³-hybridized carbons (Fsp3) is 0.0172. The second-order valence-electron chi connectivity index (χ2n) is 16.0. The number of para-hydroxylation sites is 1. The third kappa shape index (κ3) is 6.21. The monoisotopic (exact) mass is 805 g/mol. The van der Waals surface area contributed by atoms with Crippen LogP contribution in [0, 0.1) is 0 Å². The topological polar surface area (TPSA) is 48.5 Å². The fourth-order valence-electron chi connectivity index (χ4n) is 9.57. The highest BCUT2D eigenvalue weighted by Crippen LogP contribution is 2.46. The van der Waals surface area contributed by atoms with E-state index in [9.17, 15) is 0 Å². The maximum atomic E-state index is 5.03. The van der Waals surface area contributed by atoms with E-state index in [2.05, 4.69) is 161 Å². The van der Waals surface area contributed by atoms with E-state index in [0.717, 1.165) is 83.9 Å². The van der Waals surface area contributed by atoms with Crippen molar-refractivity contribution in [3.63, 3.8) is 0 Å². The highest BCUT2D eigenvalue weighted by Gasteiger charge is 2.26. The molecule has 296 valence electrons. The van der Waals surface area contributed by atoms with Gasteiger partial charge in [0.25, 0.3) is 0 Å². The summed E-state index contributed by atoms with van der Waals surface area (Å²) in [5.41, 5.74) is 20.7. The third-order valence-corrected chi connectivity index (χ3v) is 12.4. The number of pyridine rings is 3. The van der Waals surface area contributed by atoms with E-state index in [1.54, 1.807) is 0 Å². The standard InChI is InChI=1S/C52H33N5.C6H6/c1-2-13-37(14-3-1)56-46-23-21-33(28-43(46)51-48(56)19-10-26-54-51)36-31-41-39-16-5-4-12-34(39)29-42(41)50(32-36)57-47-24-22-35(30-44(47)52-49(57)20-11-27-55-52)38-15-6-7-17-40(38)45-18-8-9-25-53-45;1-2-4-6-5-3-1/h1-28,30-32H,29H2;1-6H. The molecule has 0 unspecified atom stereocenters. The lowest BCUT2D eigenvalue weighted by Crippen LogP contribution is -2.00. The summed E-state index contributed by atoms with van der Waals surface area (Å²) in [5.74, 6) is 0. The van der Waals surface area contributed by atoms with Gasteiger partial charge in [0.05, 0.1) is 44.5 Å². The Labute approximate surface area is 364 Å². The molecule has 1 aliphatic rings. The molecule has 0 amide bonds. The van der Waals surface area contributed by atoms with Crippen molar-refractivity contribution in [1.82, 2.24) is 24.1 Å². The molecule has 0 N–H and O–H groups in total. The van der Waals surface area contributed by atoms with E-state index in [-0.39, 0.29) is 0 Å². The molecule has 5 nitrogen and oxygen atoms in total. The molecule has 0 saturated heterocycles. The number of aromatic nitrogens is 5. The van der Waals surface area contributed by atoms with Crippen molar-refractivity contribution in [2.45, 2.75) is 6.42 Å². The Morgan fingerprint density at radius 3 is 1.63 bits per heavy atom. The molecule has 0 atom stereocenters. The first-order valence-electron chi connectivity index (χ1n) is 21.4. The van der Waals surface area contributed by atoms with Gasteiger partial charge >= 0.3 is 0 Å². The van der Waals surface area contributed by atoms with Gasteiger partial charge in [0.1, 0.15) is 0 Å². The predicted molar refractivity (Wildman–Crippen MR) is 259 cm³/mol. The predicted octanol–water partition coefficient (Wildman–Crippen LogP) is 14.3. The Bertz CT molecular complexity index is 3620. The Morgan fingerprint density at radius 2 is 0.921 bits per heavy atom. The smallest absolute Gasteiger partial charge is 0.0963 e. The van der Waals surface area contributed by atoms with Crippen LogP contribution in [0.5, 0.6) is 0 Å². The van der Waals surface area contributed by atoms with Crippen molar-refractivity contribution in [2.24, 2.45) is 0 Å². The van der Waals surface area contributed by atoms with Gasteiger partial charge in [-0.1, -0.05) is 121 Å². The third-order valence-electron chi connectivity index (χ3n) is 12.4. The average molecular weight is 806 g/mol. The molecule has 0 radical (unpaired) electrons. The SMILES string of the molecule is c1ccc(-n2c3ccc(-c4cc5c(c(-n6c7ccc(-c8ccccc8-c8ccccn8)cc7c7ncccc76)c4)Cc4ccccc4-5)cc3c3ncccc32)cc1.c1ccccc1. The first-order chi connectivity index (χ1) is 31.3. The van der Waals surface area contributed by atoms with Crippen LogP contribution in [0.4, 0.5) is 0 Å². The van der Waals surface area contributed by atoms with Gasteiger partial charge in [-0.3, -0.25) is 15.0 Å². The number of benzene rings is 7. The van der Waals surface area contributed by atoms with Gasteiger partial charge < -0.3 is 9.13 Å². The molecule has 7 aromatic carbocycles. The largest absolute Gasteiger partial charge is 0.308 e. The van der Waals surface area contributed by atoms with Crippen LogP contribution in [0.2, 0.25) is 0 Å². The summed E-state index contributed by atoms with van der Waals surface area (Å²) in [4.78, 5) is 14.7. The highest BCUT2D eigenvalue weighted by atomic mass is 15.0. The van der Waals surface area contributed by atoms with Gasteiger partial charge in [-0.25, -0.2) is 0 Å². The van der Waals surface area contributed by atoms with Gasteiger partial charge in [-0.2, -0.15) is 0 Å². The first kappa shape index (κ1) is 36.4. The van der Waals surface area contributed by atoms with Crippen LogP contribution in [0.15, 0.2) is 225 Å². The van der Waals surface area contributed by atoms with Crippen LogP contribution in [0.25, 0.3) is 99.9 Å². The number of nitrogens with zero attached hydrogens (tertiary/aromatic N) is 5. The van der Waals surface area contributed by atoms with Crippen molar-refractivity contribution in [1.29, 1.82) is 0 Å².